The molecule has 0 aromatic heterocycles. The van der Waals surface area contributed by atoms with E-state index in [9.17, 15) is 5.11 Å². The average molecular weight is 243 g/mol. The summed E-state index contributed by atoms with van der Waals surface area (Å²) in [5, 5.41) is 10.00. The summed E-state index contributed by atoms with van der Waals surface area (Å²) in [6, 6.07) is 5.80. The number of rotatable bonds is 1. The highest BCUT2D eigenvalue weighted by molar-refractivity contribution is 7.98. The fourth-order valence-corrected chi connectivity index (χ4v) is 2.16. The quantitative estimate of drug-likeness (QED) is 0.768. The van der Waals surface area contributed by atoms with Crippen molar-refractivity contribution in [1.82, 2.24) is 0 Å². The molecule has 0 saturated heterocycles. The van der Waals surface area contributed by atoms with Crippen molar-refractivity contribution in [3.63, 3.8) is 0 Å². The number of aliphatic hydroxyl groups is 1. The summed E-state index contributed by atoms with van der Waals surface area (Å²) in [5.41, 5.74) is 2.88. The monoisotopic (exact) mass is 242 g/mol. The minimum Gasteiger partial charge on any atom is -0.489 e. The Morgan fingerprint density at radius 3 is 3.07 bits per heavy atom. The molecule has 4 heteroatoms. The van der Waals surface area contributed by atoms with Crippen molar-refractivity contribution in [1.29, 1.82) is 0 Å². The fourth-order valence-electron chi connectivity index (χ4n) is 1.53. The molecule has 1 aromatic carbocycles. The van der Waals surface area contributed by atoms with Crippen LogP contribution in [0, 0.1) is 0 Å². The van der Waals surface area contributed by atoms with Crippen LogP contribution >= 0.6 is 23.4 Å². The lowest BCUT2D eigenvalue weighted by Gasteiger charge is -2.24. The number of hydrogen-bond donors (Lipinski definition) is 1. The zero-order valence-electron chi connectivity index (χ0n) is 8.24. The van der Waals surface area contributed by atoms with Gasteiger partial charge in [0.15, 0.2) is 0 Å². The Labute approximate surface area is 97.9 Å². The maximum Gasteiger partial charge on any atom is 0.126 e. The number of thioether (sulfide) groups is 1. The number of aliphatic hydroxyl groups excluding tert-OH is 1. The zero-order valence-corrected chi connectivity index (χ0v) is 9.81. The number of hydrogen-bond acceptors (Lipinski definition) is 3. The molecule has 1 unspecified atom stereocenters. The standard InChI is InChI=1S/C11H11ClO2S/c1-15-8-2-3-10-9(4-8)11(13)7(5-12)6-14-10/h2-5,11,13H,6H2,1H3/b7-5+. The summed E-state index contributed by atoms with van der Waals surface area (Å²) in [4.78, 5) is 1.10. The van der Waals surface area contributed by atoms with Gasteiger partial charge >= 0.3 is 0 Å². The van der Waals surface area contributed by atoms with Crippen LogP contribution in [-0.4, -0.2) is 18.0 Å². The second kappa shape index (κ2) is 4.47. The molecule has 0 bridgehead atoms. The lowest BCUT2D eigenvalue weighted by atomic mass is 10.00. The second-order valence-corrected chi connectivity index (χ2v) is 4.38. The first-order valence-corrected chi connectivity index (χ1v) is 6.20. The van der Waals surface area contributed by atoms with Crippen LogP contribution in [0.5, 0.6) is 5.75 Å². The second-order valence-electron chi connectivity index (χ2n) is 3.28. The van der Waals surface area contributed by atoms with E-state index in [0.717, 1.165) is 16.2 Å². The van der Waals surface area contributed by atoms with Gasteiger partial charge in [0, 0.05) is 21.6 Å². The first-order chi connectivity index (χ1) is 7.26. The Morgan fingerprint density at radius 2 is 2.40 bits per heavy atom. The molecule has 1 N–H and O–H groups in total. The molecular weight excluding hydrogens is 232 g/mol. The van der Waals surface area contributed by atoms with E-state index in [2.05, 4.69) is 0 Å². The van der Waals surface area contributed by atoms with E-state index in [-0.39, 0.29) is 0 Å². The van der Waals surface area contributed by atoms with Crippen LogP contribution in [0.25, 0.3) is 0 Å². The van der Waals surface area contributed by atoms with Gasteiger partial charge in [0.1, 0.15) is 18.5 Å². The Morgan fingerprint density at radius 1 is 1.60 bits per heavy atom. The van der Waals surface area contributed by atoms with E-state index < -0.39 is 6.10 Å². The molecule has 0 fully saturated rings. The van der Waals surface area contributed by atoms with Gasteiger partial charge in [-0.2, -0.15) is 0 Å². The van der Waals surface area contributed by atoms with E-state index in [1.165, 1.54) is 5.54 Å². The van der Waals surface area contributed by atoms with Crippen molar-refractivity contribution in [2.45, 2.75) is 11.0 Å². The predicted molar refractivity (Wildman–Crippen MR) is 62.6 cm³/mol. The predicted octanol–water partition coefficient (Wildman–Crippen LogP) is 2.96. The van der Waals surface area contributed by atoms with Crippen LogP contribution in [0.15, 0.2) is 34.2 Å². The van der Waals surface area contributed by atoms with Crippen molar-refractivity contribution >= 4 is 23.4 Å². The molecule has 1 atom stereocenters. The molecule has 0 amide bonds. The minimum absolute atomic E-state index is 0.357. The normalized spacial score (nSPS) is 22.3. The Kier molecular flexibility index (Phi) is 3.24. The Hall–Kier alpha value is -0.640. The van der Waals surface area contributed by atoms with Crippen molar-refractivity contribution in [3.05, 3.63) is 34.9 Å². The van der Waals surface area contributed by atoms with Crippen LogP contribution in [0.2, 0.25) is 0 Å². The molecule has 0 aliphatic carbocycles. The van der Waals surface area contributed by atoms with Crippen LogP contribution in [0.3, 0.4) is 0 Å². The van der Waals surface area contributed by atoms with Gasteiger partial charge in [-0.15, -0.1) is 11.8 Å². The van der Waals surface area contributed by atoms with Gasteiger partial charge in [-0.25, -0.2) is 0 Å². The van der Waals surface area contributed by atoms with Crippen LogP contribution in [0.4, 0.5) is 0 Å². The van der Waals surface area contributed by atoms with Gasteiger partial charge < -0.3 is 9.84 Å². The molecule has 2 rings (SSSR count). The Balaban J connectivity index is 2.44. The van der Waals surface area contributed by atoms with E-state index in [4.69, 9.17) is 16.3 Å². The maximum atomic E-state index is 10.00. The highest BCUT2D eigenvalue weighted by Gasteiger charge is 2.23. The summed E-state index contributed by atoms with van der Waals surface area (Å²) in [6.45, 7) is 0.357. The first kappa shape index (κ1) is 10.9. The van der Waals surface area contributed by atoms with Crippen LogP contribution in [0.1, 0.15) is 11.7 Å². The highest BCUT2D eigenvalue weighted by Crippen LogP contribution is 2.37. The fraction of sp³-hybridized carbons (Fsp3) is 0.273. The molecule has 0 saturated carbocycles. The molecule has 0 spiro atoms. The molecule has 1 aliphatic rings. The molecule has 0 radical (unpaired) electrons. The summed E-state index contributed by atoms with van der Waals surface area (Å²) in [5.74, 6) is 0.738. The topological polar surface area (TPSA) is 29.5 Å². The van der Waals surface area contributed by atoms with Gasteiger partial charge in [0.25, 0.3) is 0 Å². The number of benzene rings is 1. The molecule has 1 aliphatic heterocycles. The summed E-state index contributed by atoms with van der Waals surface area (Å²) in [6.07, 6.45) is 1.36. The molecule has 1 heterocycles. The smallest absolute Gasteiger partial charge is 0.126 e. The first-order valence-electron chi connectivity index (χ1n) is 4.54. The van der Waals surface area contributed by atoms with Crippen LogP contribution in [-0.2, 0) is 0 Å². The van der Waals surface area contributed by atoms with Crippen molar-refractivity contribution < 1.29 is 9.84 Å². The van der Waals surface area contributed by atoms with Gasteiger partial charge in [-0.05, 0) is 24.5 Å². The van der Waals surface area contributed by atoms with E-state index in [1.807, 2.05) is 24.5 Å². The summed E-state index contributed by atoms with van der Waals surface area (Å²) in [7, 11) is 0. The minimum atomic E-state index is -0.640. The van der Waals surface area contributed by atoms with Gasteiger partial charge in [0.05, 0.1) is 0 Å². The zero-order chi connectivity index (χ0) is 10.8. The molecular formula is C11H11ClO2S. The number of ether oxygens (including phenoxy) is 1. The molecule has 1 aromatic rings. The van der Waals surface area contributed by atoms with Crippen molar-refractivity contribution in [2.75, 3.05) is 12.9 Å². The average Bonchev–Trinajstić information content (AvgIpc) is 2.29. The van der Waals surface area contributed by atoms with Crippen LogP contribution < -0.4 is 4.74 Å². The van der Waals surface area contributed by atoms with Gasteiger partial charge in [0.2, 0.25) is 0 Å². The summed E-state index contributed by atoms with van der Waals surface area (Å²) < 4.78 is 5.47. The van der Waals surface area contributed by atoms with E-state index in [0.29, 0.717) is 12.2 Å². The highest BCUT2D eigenvalue weighted by atomic mass is 35.5. The third-order valence-corrected chi connectivity index (χ3v) is 3.40. The Bertz CT molecular complexity index is 404. The third kappa shape index (κ3) is 2.00. The maximum absolute atomic E-state index is 10.00. The lowest BCUT2D eigenvalue weighted by molar-refractivity contribution is 0.170. The van der Waals surface area contributed by atoms with Crippen molar-refractivity contribution in [3.8, 4) is 5.75 Å². The number of halogens is 1. The van der Waals surface area contributed by atoms with Crippen molar-refractivity contribution in [2.24, 2.45) is 0 Å². The van der Waals surface area contributed by atoms with Gasteiger partial charge in [-0.3, -0.25) is 0 Å². The lowest BCUT2D eigenvalue weighted by Crippen LogP contribution is -2.17. The number of fused-ring (bicyclic) bond motifs is 1. The molecule has 15 heavy (non-hydrogen) atoms. The molecule has 2 nitrogen and oxygen atoms in total. The summed E-state index contributed by atoms with van der Waals surface area (Å²) >= 11 is 7.24. The molecule has 80 valence electrons. The largest absolute Gasteiger partial charge is 0.489 e. The van der Waals surface area contributed by atoms with E-state index in [1.54, 1.807) is 11.8 Å². The van der Waals surface area contributed by atoms with Gasteiger partial charge in [-0.1, -0.05) is 11.6 Å². The third-order valence-electron chi connectivity index (χ3n) is 2.40. The van der Waals surface area contributed by atoms with E-state index >= 15 is 0 Å². The SMILES string of the molecule is CSc1ccc2c(c1)C(O)/C(=C/Cl)CO2.